The Morgan fingerprint density at radius 2 is 2.17 bits per heavy atom. The van der Waals surface area contributed by atoms with Gasteiger partial charge in [-0.25, -0.2) is 4.98 Å². The molecule has 9 nitrogen and oxygen atoms in total. The number of nitrogens with one attached hydrogen (secondary N) is 1. The lowest BCUT2D eigenvalue weighted by molar-refractivity contribution is -0.172. The normalized spacial score (nSPS) is 26.6. The number of piperidine rings is 1. The van der Waals surface area contributed by atoms with E-state index in [9.17, 15) is 9.90 Å². The van der Waals surface area contributed by atoms with E-state index in [1.54, 1.807) is 23.3 Å². The summed E-state index contributed by atoms with van der Waals surface area (Å²) in [7, 11) is 1.87. The molecule has 9 heteroatoms. The molecule has 0 bridgehead atoms. The highest BCUT2D eigenvalue weighted by molar-refractivity contribution is 5.77. The molecule has 0 aromatic carbocycles. The van der Waals surface area contributed by atoms with Crippen molar-refractivity contribution < 1.29 is 19.1 Å². The number of aliphatic hydroxyl groups excluding tert-OH is 1. The predicted octanol–water partition coefficient (Wildman–Crippen LogP) is 1.04. The molecule has 1 amide bonds. The Hall–Kier alpha value is -2.39. The van der Waals surface area contributed by atoms with Gasteiger partial charge in [0, 0.05) is 44.9 Å². The number of carbonyl (C=O) groups is 1. The number of nitrogens with zero attached hydrogens (tertiary/aromatic N) is 4. The quantitative estimate of drug-likeness (QED) is 0.768. The lowest BCUT2D eigenvalue weighted by atomic mass is 9.74. The Bertz CT molecular complexity index is 828. The van der Waals surface area contributed by atoms with Gasteiger partial charge in [-0.15, -0.1) is 0 Å². The van der Waals surface area contributed by atoms with Gasteiger partial charge in [-0.05, 0) is 32.3 Å². The largest absolute Gasteiger partial charge is 0.432 e. The molecular formula is C20H29N5O4. The molecule has 0 radical (unpaired) electrons. The van der Waals surface area contributed by atoms with Gasteiger partial charge in [0.25, 0.3) is 6.01 Å². The predicted molar refractivity (Wildman–Crippen MR) is 105 cm³/mol. The Morgan fingerprint density at radius 3 is 2.83 bits per heavy atom. The van der Waals surface area contributed by atoms with Crippen molar-refractivity contribution in [2.75, 3.05) is 24.6 Å². The van der Waals surface area contributed by atoms with Crippen LogP contribution >= 0.6 is 0 Å². The average molecular weight is 403 g/mol. The number of oxazole rings is 1. The smallest absolute Gasteiger partial charge is 0.297 e. The molecular weight excluding hydrogens is 374 g/mol. The highest BCUT2D eigenvalue weighted by Gasteiger charge is 2.50. The number of anilines is 1. The minimum Gasteiger partial charge on any atom is -0.432 e. The fraction of sp³-hybridized carbons (Fsp3) is 0.650. The molecule has 2 aliphatic heterocycles. The molecule has 0 saturated carbocycles. The fourth-order valence-corrected chi connectivity index (χ4v) is 4.47. The molecule has 4 rings (SSSR count). The van der Waals surface area contributed by atoms with Crippen LogP contribution in [-0.4, -0.2) is 62.7 Å². The van der Waals surface area contributed by atoms with Crippen LogP contribution in [0.3, 0.4) is 0 Å². The van der Waals surface area contributed by atoms with Crippen LogP contribution in [0.15, 0.2) is 29.1 Å². The van der Waals surface area contributed by atoms with Crippen molar-refractivity contribution in [2.24, 2.45) is 7.05 Å². The topological polar surface area (TPSA) is 106 Å². The van der Waals surface area contributed by atoms with Crippen molar-refractivity contribution in [3.63, 3.8) is 0 Å². The molecule has 0 unspecified atom stereocenters. The van der Waals surface area contributed by atoms with Crippen LogP contribution in [-0.2, 0) is 23.0 Å². The number of hydrogen-bond acceptors (Lipinski definition) is 7. The molecule has 2 aliphatic rings. The summed E-state index contributed by atoms with van der Waals surface area (Å²) >= 11 is 0. The molecule has 2 N–H and O–H groups in total. The summed E-state index contributed by atoms with van der Waals surface area (Å²) in [6.45, 7) is 3.67. The van der Waals surface area contributed by atoms with E-state index in [1.807, 2.05) is 20.0 Å². The van der Waals surface area contributed by atoms with Crippen LogP contribution in [0, 0.1) is 0 Å². The van der Waals surface area contributed by atoms with Crippen molar-refractivity contribution in [2.45, 2.75) is 56.3 Å². The minimum absolute atomic E-state index is 0.0676. The summed E-state index contributed by atoms with van der Waals surface area (Å²) in [5.41, 5.74) is -0.0626. The second kappa shape index (κ2) is 7.79. The molecule has 0 aliphatic carbocycles. The minimum atomic E-state index is -0.737. The lowest BCUT2D eigenvalue weighted by Gasteiger charge is -2.51. The number of aromatic nitrogens is 3. The first-order valence-corrected chi connectivity index (χ1v) is 10.1. The SMILES string of the molecule is Cn1nccc1CCC(=O)N[C@]1(C)CC2(CCN(c3ncco3)CC2)OC[C@H]1O. The second-order valence-electron chi connectivity index (χ2n) is 8.40. The Morgan fingerprint density at radius 1 is 1.38 bits per heavy atom. The third-order valence-corrected chi connectivity index (χ3v) is 6.29. The Labute approximate surface area is 170 Å². The number of rotatable bonds is 5. The van der Waals surface area contributed by atoms with Gasteiger partial charge in [-0.1, -0.05) is 0 Å². The van der Waals surface area contributed by atoms with Crippen LogP contribution < -0.4 is 10.2 Å². The molecule has 29 heavy (non-hydrogen) atoms. The molecule has 4 heterocycles. The van der Waals surface area contributed by atoms with Gasteiger partial charge in [0.1, 0.15) is 12.4 Å². The highest BCUT2D eigenvalue weighted by Crippen LogP contribution is 2.40. The Kier molecular flexibility index (Phi) is 5.35. The zero-order chi connectivity index (χ0) is 20.5. The van der Waals surface area contributed by atoms with Gasteiger partial charge in [0.2, 0.25) is 5.91 Å². The van der Waals surface area contributed by atoms with E-state index in [-0.39, 0.29) is 18.1 Å². The third-order valence-electron chi connectivity index (χ3n) is 6.29. The van der Waals surface area contributed by atoms with Gasteiger partial charge in [0.05, 0.1) is 23.9 Å². The highest BCUT2D eigenvalue weighted by atomic mass is 16.5. The number of ether oxygens (including phenoxy) is 1. The second-order valence-corrected chi connectivity index (χ2v) is 8.40. The standard InChI is InChI=1S/C20H29N5O4/c1-19(23-17(27)4-3-15-5-8-22-24(15)2)14-20(29-13-16(19)26)6-10-25(11-7-20)18-21-9-12-28-18/h5,8-9,12,16,26H,3-4,6-7,10-11,13-14H2,1-2H3,(H,23,27)/t16-,19-/m1/s1. The molecule has 2 aromatic heterocycles. The fourth-order valence-electron chi connectivity index (χ4n) is 4.47. The van der Waals surface area contributed by atoms with E-state index < -0.39 is 11.6 Å². The summed E-state index contributed by atoms with van der Waals surface area (Å²) in [5, 5.41) is 17.8. The number of amides is 1. The number of aryl methyl sites for hydroxylation is 2. The van der Waals surface area contributed by atoms with Gasteiger partial charge in [0.15, 0.2) is 0 Å². The van der Waals surface area contributed by atoms with Crippen molar-refractivity contribution >= 4 is 11.9 Å². The van der Waals surface area contributed by atoms with Crippen LogP contribution in [0.2, 0.25) is 0 Å². The van der Waals surface area contributed by atoms with Gasteiger partial charge in [-0.3, -0.25) is 9.48 Å². The third kappa shape index (κ3) is 4.16. The first kappa shape index (κ1) is 19.9. The maximum absolute atomic E-state index is 12.6. The molecule has 2 fully saturated rings. The van der Waals surface area contributed by atoms with Crippen molar-refractivity contribution in [1.29, 1.82) is 0 Å². The number of hydrogen-bond donors (Lipinski definition) is 2. The molecule has 2 saturated heterocycles. The zero-order valence-electron chi connectivity index (χ0n) is 17.0. The van der Waals surface area contributed by atoms with E-state index in [0.29, 0.717) is 25.3 Å². The van der Waals surface area contributed by atoms with E-state index in [1.165, 1.54) is 0 Å². The first-order chi connectivity index (χ1) is 13.9. The van der Waals surface area contributed by atoms with Crippen LogP contribution in [0.5, 0.6) is 0 Å². The average Bonchev–Trinajstić information content (AvgIpc) is 3.36. The van der Waals surface area contributed by atoms with Crippen LogP contribution in [0.25, 0.3) is 0 Å². The number of aliphatic hydroxyl groups is 1. The lowest BCUT2D eigenvalue weighted by Crippen LogP contribution is -2.65. The summed E-state index contributed by atoms with van der Waals surface area (Å²) in [4.78, 5) is 18.9. The molecule has 2 aromatic rings. The van der Waals surface area contributed by atoms with Crippen molar-refractivity contribution in [3.05, 3.63) is 30.4 Å². The van der Waals surface area contributed by atoms with Crippen LogP contribution in [0.1, 0.15) is 38.3 Å². The van der Waals surface area contributed by atoms with Crippen LogP contribution in [0.4, 0.5) is 6.01 Å². The zero-order valence-corrected chi connectivity index (χ0v) is 17.0. The summed E-state index contributed by atoms with van der Waals surface area (Å²) in [6.07, 6.45) is 7.35. The summed E-state index contributed by atoms with van der Waals surface area (Å²) in [5.74, 6) is -0.0676. The van der Waals surface area contributed by atoms with Crippen molar-refractivity contribution in [3.8, 4) is 0 Å². The van der Waals surface area contributed by atoms with Gasteiger partial charge >= 0.3 is 0 Å². The van der Waals surface area contributed by atoms with E-state index in [4.69, 9.17) is 9.15 Å². The van der Waals surface area contributed by atoms with E-state index >= 15 is 0 Å². The number of carbonyl (C=O) groups excluding carboxylic acids is 1. The molecule has 1 spiro atoms. The molecule has 2 atom stereocenters. The van der Waals surface area contributed by atoms with E-state index in [2.05, 4.69) is 20.3 Å². The first-order valence-electron chi connectivity index (χ1n) is 10.1. The van der Waals surface area contributed by atoms with Crippen molar-refractivity contribution in [1.82, 2.24) is 20.1 Å². The summed E-state index contributed by atoms with van der Waals surface area (Å²) in [6, 6.07) is 2.54. The Balaban J connectivity index is 1.36. The maximum atomic E-state index is 12.6. The summed E-state index contributed by atoms with van der Waals surface area (Å²) < 4.78 is 13.3. The maximum Gasteiger partial charge on any atom is 0.297 e. The molecule has 158 valence electrons. The monoisotopic (exact) mass is 403 g/mol. The van der Waals surface area contributed by atoms with Gasteiger partial charge < -0.3 is 24.5 Å². The van der Waals surface area contributed by atoms with E-state index in [0.717, 1.165) is 31.6 Å². The van der Waals surface area contributed by atoms with Gasteiger partial charge in [-0.2, -0.15) is 5.10 Å².